The van der Waals surface area contributed by atoms with E-state index in [-0.39, 0.29) is 11.3 Å². The highest BCUT2D eigenvalue weighted by Gasteiger charge is 2.14. The first-order valence-corrected chi connectivity index (χ1v) is 10.8. The molecule has 7 nitrogen and oxygen atoms in total. The van der Waals surface area contributed by atoms with E-state index in [4.69, 9.17) is 23.2 Å². The summed E-state index contributed by atoms with van der Waals surface area (Å²) in [5.74, 6) is 0.0802. The zero-order chi connectivity index (χ0) is 20.1. The molecule has 1 N–H and O–H groups in total. The van der Waals surface area contributed by atoms with Gasteiger partial charge in [-0.3, -0.25) is 14.9 Å². The van der Waals surface area contributed by atoms with Gasteiger partial charge in [-0.15, -0.1) is 10.2 Å². The smallest absolute Gasteiger partial charge is 0.277 e. The molecule has 0 bridgehead atoms. The molecule has 0 radical (unpaired) electrons. The number of thioether (sulfide) groups is 1. The Morgan fingerprint density at radius 3 is 2.68 bits per heavy atom. The van der Waals surface area contributed by atoms with E-state index in [9.17, 15) is 9.59 Å². The minimum absolute atomic E-state index is 0.139. The molecule has 1 amide bonds. The van der Waals surface area contributed by atoms with Gasteiger partial charge in [0.15, 0.2) is 4.34 Å². The lowest BCUT2D eigenvalue weighted by Gasteiger charge is -2.05. The van der Waals surface area contributed by atoms with E-state index in [1.165, 1.54) is 39.9 Å². The Bertz CT molecular complexity index is 1030. The van der Waals surface area contributed by atoms with Gasteiger partial charge in [-0.05, 0) is 30.2 Å². The number of hydrogen-bond donors (Lipinski definition) is 1. The summed E-state index contributed by atoms with van der Waals surface area (Å²) in [7, 11) is 0. The van der Waals surface area contributed by atoms with Crippen LogP contribution in [0.25, 0.3) is 0 Å². The zero-order valence-corrected chi connectivity index (χ0v) is 17.8. The fraction of sp³-hybridized carbons (Fsp3) is 0.235. The third-order valence-electron chi connectivity index (χ3n) is 3.56. The minimum Gasteiger partial charge on any atom is -0.295 e. The monoisotopic (exact) mass is 455 g/mol. The van der Waals surface area contributed by atoms with E-state index in [0.29, 0.717) is 31.8 Å². The van der Waals surface area contributed by atoms with Crippen LogP contribution in [0.5, 0.6) is 0 Å². The van der Waals surface area contributed by atoms with Gasteiger partial charge in [0.25, 0.3) is 11.5 Å². The van der Waals surface area contributed by atoms with Crippen LogP contribution in [-0.2, 0) is 12.3 Å². The van der Waals surface area contributed by atoms with Crippen LogP contribution in [-0.4, -0.2) is 25.9 Å². The number of amides is 1. The Morgan fingerprint density at radius 1 is 1.21 bits per heavy atom. The highest BCUT2D eigenvalue weighted by molar-refractivity contribution is 8.00. The van der Waals surface area contributed by atoms with Gasteiger partial charge in [-0.1, -0.05) is 59.3 Å². The van der Waals surface area contributed by atoms with Crippen molar-refractivity contribution in [1.82, 2.24) is 20.0 Å². The molecule has 0 spiro atoms. The lowest BCUT2D eigenvalue weighted by molar-refractivity contribution is 0.101. The Kier molecular flexibility index (Phi) is 7.06. The van der Waals surface area contributed by atoms with Gasteiger partial charge in [0.1, 0.15) is 5.69 Å². The molecular weight excluding hydrogens is 441 g/mol. The molecule has 0 saturated heterocycles. The van der Waals surface area contributed by atoms with Crippen LogP contribution in [0.1, 0.15) is 29.4 Å². The molecule has 0 aliphatic carbocycles. The van der Waals surface area contributed by atoms with Crippen LogP contribution < -0.4 is 10.9 Å². The summed E-state index contributed by atoms with van der Waals surface area (Å²) < 4.78 is 1.93. The van der Waals surface area contributed by atoms with E-state index in [0.717, 1.165) is 12.0 Å². The first-order chi connectivity index (χ1) is 13.5. The predicted octanol–water partition coefficient (Wildman–Crippen LogP) is 4.36. The molecule has 1 aromatic carbocycles. The Morgan fingerprint density at radius 2 is 1.96 bits per heavy atom. The molecule has 3 aromatic rings. The van der Waals surface area contributed by atoms with Gasteiger partial charge in [-0.2, -0.15) is 5.10 Å². The summed E-state index contributed by atoms with van der Waals surface area (Å²) in [4.78, 5) is 24.1. The summed E-state index contributed by atoms with van der Waals surface area (Å²) in [6.07, 6.45) is 0.740. The van der Waals surface area contributed by atoms with E-state index in [2.05, 4.69) is 20.6 Å². The van der Waals surface area contributed by atoms with Gasteiger partial charge < -0.3 is 0 Å². The third-order valence-corrected chi connectivity index (χ3v) is 6.27. The van der Waals surface area contributed by atoms with Crippen LogP contribution in [0.4, 0.5) is 5.13 Å². The van der Waals surface area contributed by atoms with Crippen LogP contribution in [0.3, 0.4) is 0 Å². The average molecular weight is 456 g/mol. The average Bonchev–Trinajstić information content (AvgIpc) is 3.10. The van der Waals surface area contributed by atoms with Crippen molar-refractivity contribution in [2.45, 2.75) is 30.0 Å². The highest BCUT2D eigenvalue weighted by atomic mass is 35.5. The third kappa shape index (κ3) is 5.11. The van der Waals surface area contributed by atoms with Gasteiger partial charge in [-0.25, -0.2) is 4.68 Å². The molecular formula is C17H15Cl2N5O2S2. The van der Waals surface area contributed by atoms with Crippen molar-refractivity contribution in [3.05, 3.63) is 62.0 Å². The van der Waals surface area contributed by atoms with Gasteiger partial charge in [0.2, 0.25) is 5.13 Å². The van der Waals surface area contributed by atoms with Gasteiger partial charge in [0.05, 0.1) is 0 Å². The van der Waals surface area contributed by atoms with Crippen molar-refractivity contribution in [1.29, 1.82) is 0 Å². The van der Waals surface area contributed by atoms with Gasteiger partial charge >= 0.3 is 0 Å². The molecule has 2 aromatic heterocycles. The Balaban J connectivity index is 1.65. The molecule has 0 saturated carbocycles. The van der Waals surface area contributed by atoms with Crippen molar-refractivity contribution in [2.24, 2.45) is 0 Å². The number of nitrogens with one attached hydrogen (secondary N) is 1. The number of carbonyl (C=O) groups excluding carboxylic acids is 1. The molecule has 0 fully saturated rings. The van der Waals surface area contributed by atoms with Crippen LogP contribution in [0.2, 0.25) is 10.0 Å². The first-order valence-electron chi connectivity index (χ1n) is 8.26. The van der Waals surface area contributed by atoms with Crippen molar-refractivity contribution in [3.63, 3.8) is 0 Å². The maximum atomic E-state index is 12.4. The number of carbonyl (C=O) groups is 1. The van der Waals surface area contributed by atoms with Crippen molar-refractivity contribution >= 4 is 57.3 Å². The van der Waals surface area contributed by atoms with E-state index < -0.39 is 5.91 Å². The van der Waals surface area contributed by atoms with Crippen LogP contribution in [0, 0.1) is 0 Å². The predicted molar refractivity (Wildman–Crippen MR) is 113 cm³/mol. The second kappa shape index (κ2) is 9.51. The number of aryl methyl sites for hydroxylation is 1. The fourth-order valence-electron chi connectivity index (χ4n) is 2.23. The molecule has 0 unspecified atom stereocenters. The van der Waals surface area contributed by atoms with E-state index in [1.807, 2.05) is 6.92 Å². The summed E-state index contributed by atoms with van der Waals surface area (Å²) >= 11 is 15.0. The SMILES string of the molecule is CCCn1nc(C(=O)Nc2nnc(SCc3c(Cl)cccc3Cl)s2)ccc1=O. The highest BCUT2D eigenvalue weighted by Crippen LogP contribution is 2.33. The Labute approximate surface area is 179 Å². The molecule has 2 heterocycles. The molecule has 0 aliphatic rings. The lowest BCUT2D eigenvalue weighted by Crippen LogP contribution is -2.26. The topological polar surface area (TPSA) is 89.8 Å². The number of halogens is 2. The normalized spacial score (nSPS) is 10.8. The van der Waals surface area contributed by atoms with E-state index >= 15 is 0 Å². The standard InChI is InChI=1S/C17H15Cl2N5O2S2/c1-2-8-24-14(25)7-6-13(23-24)15(26)20-16-21-22-17(28-16)27-9-10-11(18)4-3-5-12(10)19/h3-7H,2,8-9H2,1H3,(H,20,21,26). The quantitative estimate of drug-likeness (QED) is 0.420. The molecule has 146 valence electrons. The summed E-state index contributed by atoms with van der Waals surface area (Å²) in [5.41, 5.74) is 0.713. The molecule has 3 rings (SSSR count). The molecule has 11 heteroatoms. The Hall–Kier alpha value is -1.94. The summed E-state index contributed by atoms with van der Waals surface area (Å²) in [5, 5.41) is 16.3. The number of anilines is 1. The van der Waals surface area contributed by atoms with Crippen molar-refractivity contribution in [3.8, 4) is 0 Å². The number of rotatable bonds is 7. The van der Waals surface area contributed by atoms with E-state index in [1.54, 1.807) is 18.2 Å². The van der Waals surface area contributed by atoms with Crippen molar-refractivity contribution < 1.29 is 4.79 Å². The van der Waals surface area contributed by atoms with Crippen LogP contribution in [0.15, 0.2) is 39.5 Å². The first kappa shape index (κ1) is 20.8. The maximum Gasteiger partial charge on any atom is 0.277 e. The number of nitrogens with zero attached hydrogens (tertiary/aromatic N) is 4. The summed E-state index contributed by atoms with van der Waals surface area (Å²) in [6, 6.07) is 8.06. The van der Waals surface area contributed by atoms with Crippen LogP contribution >= 0.6 is 46.3 Å². The second-order valence-electron chi connectivity index (χ2n) is 5.60. The van der Waals surface area contributed by atoms with Crippen molar-refractivity contribution in [2.75, 3.05) is 5.32 Å². The number of benzene rings is 1. The maximum absolute atomic E-state index is 12.4. The number of aromatic nitrogens is 4. The largest absolute Gasteiger partial charge is 0.295 e. The minimum atomic E-state index is -0.452. The zero-order valence-electron chi connectivity index (χ0n) is 14.7. The lowest BCUT2D eigenvalue weighted by atomic mass is 10.2. The summed E-state index contributed by atoms with van der Waals surface area (Å²) in [6.45, 7) is 2.38. The number of hydrogen-bond acceptors (Lipinski definition) is 7. The second-order valence-corrected chi connectivity index (χ2v) is 8.61. The molecule has 0 atom stereocenters. The van der Waals surface area contributed by atoms with Gasteiger partial charge in [0, 0.05) is 28.4 Å². The fourth-order valence-corrected chi connectivity index (χ4v) is 4.71. The molecule has 0 aliphatic heterocycles. The molecule has 28 heavy (non-hydrogen) atoms.